The number of hydrogen-bond donors (Lipinski definition) is 0. The van der Waals surface area contributed by atoms with Gasteiger partial charge in [-0.1, -0.05) is 40.5 Å². The smallest absolute Gasteiger partial charge is 0.187 e. The third kappa shape index (κ3) is 3.93. The van der Waals surface area contributed by atoms with Gasteiger partial charge < -0.3 is 9.64 Å². The first-order valence-corrected chi connectivity index (χ1v) is 12.0. The summed E-state index contributed by atoms with van der Waals surface area (Å²) in [4.78, 5) is 17.4. The summed E-state index contributed by atoms with van der Waals surface area (Å²) in [5, 5.41) is 0. The average molecular weight is 525 g/mol. The first-order chi connectivity index (χ1) is 13.5. The van der Waals surface area contributed by atoms with E-state index in [9.17, 15) is 4.79 Å². The lowest BCUT2D eigenvalue weighted by atomic mass is 9.92. The minimum absolute atomic E-state index is 0.162. The van der Waals surface area contributed by atoms with Gasteiger partial charge in [-0.3, -0.25) is 4.79 Å². The van der Waals surface area contributed by atoms with Gasteiger partial charge in [0.2, 0.25) is 0 Å². The van der Waals surface area contributed by atoms with Crippen molar-refractivity contribution in [2.24, 2.45) is 0 Å². The summed E-state index contributed by atoms with van der Waals surface area (Å²) in [5.41, 5.74) is 1.71. The fourth-order valence-electron chi connectivity index (χ4n) is 3.92. The van der Waals surface area contributed by atoms with E-state index in [0.717, 1.165) is 32.5 Å². The highest BCUT2D eigenvalue weighted by atomic mass is 79.9. The molecule has 0 saturated carbocycles. The number of halogens is 2. The van der Waals surface area contributed by atoms with Crippen LogP contribution >= 0.6 is 43.6 Å². The Morgan fingerprint density at radius 3 is 2.57 bits per heavy atom. The normalized spacial score (nSPS) is 22.6. The minimum atomic E-state index is -0.639. The maximum atomic E-state index is 13.9. The number of benzene rings is 2. The van der Waals surface area contributed by atoms with Crippen molar-refractivity contribution < 1.29 is 9.53 Å². The molecule has 0 amide bonds. The number of thioether (sulfide) groups is 1. The van der Waals surface area contributed by atoms with Gasteiger partial charge in [0, 0.05) is 15.9 Å². The predicted octanol–water partition coefficient (Wildman–Crippen LogP) is 6.11. The van der Waals surface area contributed by atoms with Crippen molar-refractivity contribution in [3.63, 3.8) is 0 Å². The molecule has 1 atom stereocenters. The second kappa shape index (κ2) is 8.50. The van der Waals surface area contributed by atoms with Crippen LogP contribution in [0.25, 0.3) is 0 Å². The van der Waals surface area contributed by atoms with Gasteiger partial charge in [0.25, 0.3) is 0 Å². The van der Waals surface area contributed by atoms with Crippen molar-refractivity contribution in [3.8, 4) is 5.75 Å². The van der Waals surface area contributed by atoms with E-state index in [1.54, 1.807) is 11.8 Å². The average Bonchev–Trinajstić information content (AvgIpc) is 2.71. The Morgan fingerprint density at radius 1 is 1.14 bits per heavy atom. The zero-order valence-electron chi connectivity index (χ0n) is 15.8. The van der Waals surface area contributed by atoms with E-state index in [-0.39, 0.29) is 5.78 Å². The van der Waals surface area contributed by atoms with E-state index in [2.05, 4.69) is 48.9 Å². The number of rotatable bonds is 4. The van der Waals surface area contributed by atoms with Crippen LogP contribution in [0.4, 0.5) is 0 Å². The van der Waals surface area contributed by atoms with Crippen LogP contribution in [0.2, 0.25) is 0 Å². The molecule has 0 bridgehead atoms. The Labute approximate surface area is 187 Å². The third-order valence-electron chi connectivity index (χ3n) is 5.49. The molecular weight excluding hydrogens is 502 g/mol. The molecule has 2 aliphatic rings. The van der Waals surface area contributed by atoms with Crippen LogP contribution in [0.15, 0.2) is 50.2 Å². The van der Waals surface area contributed by atoms with Crippen LogP contribution < -0.4 is 4.74 Å². The molecule has 0 unspecified atom stereocenters. The highest BCUT2D eigenvalue weighted by molar-refractivity contribution is 9.11. The summed E-state index contributed by atoms with van der Waals surface area (Å²) in [7, 11) is 0. The maximum Gasteiger partial charge on any atom is 0.187 e. The van der Waals surface area contributed by atoms with Crippen LogP contribution in [0, 0.1) is 6.92 Å². The molecule has 28 heavy (non-hydrogen) atoms. The fraction of sp³-hybridized carbons (Fsp3) is 0.409. The Balaban J connectivity index is 1.74. The molecule has 1 saturated heterocycles. The van der Waals surface area contributed by atoms with Gasteiger partial charge >= 0.3 is 0 Å². The largest absolute Gasteiger partial charge is 0.490 e. The molecule has 0 aliphatic carbocycles. The number of nitrogens with zero attached hydrogens (tertiary/aromatic N) is 1. The molecule has 0 N–H and O–H groups in total. The highest BCUT2D eigenvalue weighted by Gasteiger charge is 2.47. The number of ether oxygens (including phenoxy) is 1. The molecule has 4 rings (SSSR count). The number of likely N-dealkylation sites (tertiary alicyclic amines) is 1. The quantitative estimate of drug-likeness (QED) is 0.482. The van der Waals surface area contributed by atoms with Crippen molar-refractivity contribution in [1.82, 2.24) is 4.90 Å². The minimum Gasteiger partial charge on any atom is -0.490 e. The monoisotopic (exact) mass is 523 g/mol. The summed E-state index contributed by atoms with van der Waals surface area (Å²) < 4.78 is 7.40. The summed E-state index contributed by atoms with van der Waals surface area (Å²) in [6.07, 6.45) is 3.68. The number of hydrogen-bond acceptors (Lipinski definition) is 4. The lowest BCUT2D eigenvalue weighted by molar-refractivity contribution is 0.0805. The van der Waals surface area contributed by atoms with Gasteiger partial charge in [0.05, 0.1) is 10.0 Å². The van der Waals surface area contributed by atoms with Crippen LogP contribution in [0.1, 0.15) is 35.2 Å². The second-order valence-corrected chi connectivity index (χ2v) is 10.6. The molecule has 0 aromatic heterocycles. The number of carbonyl (C=O) groups is 1. The lowest BCUT2D eigenvalue weighted by Gasteiger charge is -2.41. The molecule has 2 heterocycles. The number of carbonyl (C=O) groups excluding carboxylic acids is 1. The van der Waals surface area contributed by atoms with Crippen molar-refractivity contribution in [1.29, 1.82) is 0 Å². The third-order valence-corrected chi connectivity index (χ3v) is 8.60. The highest BCUT2D eigenvalue weighted by Crippen LogP contribution is 2.46. The summed E-state index contributed by atoms with van der Waals surface area (Å²) in [5.74, 6) is 0.836. The van der Waals surface area contributed by atoms with Crippen LogP contribution in [-0.2, 0) is 0 Å². The summed E-state index contributed by atoms with van der Waals surface area (Å²) >= 11 is 8.87. The molecule has 2 aromatic rings. The topological polar surface area (TPSA) is 29.5 Å². The summed E-state index contributed by atoms with van der Waals surface area (Å²) in [6, 6.07) is 12.1. The van der Waals surface area contributed by atoms with Crippen LogP contribution in [0.5, 0.6) is 5.75 Å². The van der Waals surface area contributed by atoms with Gasteiger partial charge in [-0.05, 0) is 72.5 Å². The van der Waals surface area contributed by atoms with Crippen molar-refractivity contribution >= 4 is 49.4 Å². The Morgan fingerprint density at radius 2 is 1.86 bits per heavy atom. The van der Waals surface area contributed by atoms with Gasteiger partial charge in [-0.25, -0.2) is 0 Å². The van der Waals surface area contributed by atoms with E-state index in [1.807, 2.05) is 31.2 Å². The molecule has 6 heteroatoms. The molecule has 0 spiro atoms. The van der Waals surface area contributed by atoms with Crippen LogP contribution in [-0.4, -0.2) is 41.7 Å². The first kappa shape index (κ1) is 20.5. The van der Waals surface area contributed by atoms with Gasteiger partial charge in [-0.2, -0.15) is 0 Å². The van der Waals surface area contributed by atoms with Gasteiger partial charge in [0.1, 0.15) is 17.1 Å². The first-order valence-electron chi connectivity index (χ1n) is 9.63. The number of fused-ring (bicyclic) bond motifs is 1. The predicted molar refractivity (Wildman–Crippen MR) is 122 cm³/mol. The molecule has 3 nitrogen and oxygen atoms in total. The Kier molecular flexibility index (Phi) is 6.21. The van der Waals surface area contributed by atoms with Crippen molar-refractivity contribution in [3.05, 3.63) is 56.5 Å². The summed E-state index contributed by atoms with van der Waals surface area (Å²) in [6.45, 7) is 5.22. The lowest BCUT2D eigenvalue weighted by Crippen LogP contribution is -2.53. The molecule has 2 aromatic carbocycles. The molecule has 2 aliphatic heterocycles. The van der Waals surface area contributed by atoms with E-state index >= 15 is 0 Å². The van der Waals surface area contributed by atoms with Gasteiger partial charge in [-0.15, -0.1) is 11.8 Å². The van der Waals surface area contributed by atoms with E-state index in [0.29, 0.717) is 24.5 Å². The number of piperidine rings is 1. The van der Waals surface area contributed by atoms with Crippen molar-refractivity contribution in [2.45, 2.75) is 35.8 Å². The second-order valence-electron chi connectivity index (χ2n) is 7.54. The standard InChI is InChI=1S/C22H23Br2NO2S/c1-15-18(23)12-17-20(19(15)24)27-14-22(21(17)26,13-25-10-6-3-7-11-25)28-16-8-4-2-5-9-16/h2,4-5,8-9,12H,3,6-7,10-11,13-14H2,1H3/t22-/m1/s1. The van der Waals surface area contributed by atoms with E-state index < -0.39 is 4.75 Å². The van der Waals surface area contributed by atoms with E-state index in [1.165, 1.54) is 19.3 Å². The molecule has 1 fully saturated rings. The Bertz CT molecular complexity index is 884. The SMILES string of the molecule is Cc1c(Br)cc2c(c1Br)OC[C@@](CN1CCCCC1)(Sc1ccccc1)C2=O. The van der Waals surface area contributed by atoms with E-state index in [4.69, 9.17) is 4.74 Å². The zero-order valence-corrected chi connectivity index (χ0v) is 19.8. The maximum absolute atomic E-state index is 13.9. The molecule has 0 radical (unpaired) electrons. The molecular formula is C22H23Br2NO2S. The Hall–Kier alpha value is -0.820. The van der Waals surface area contributed by atoms with Crippen LogP contribution in [0.3, 0.4) is 0 Å². The van der Waals surface area contributed by atoms with Gasteiger partial charge in [0.15, 0.2) is 5.78 Å². The number of ketones is 1. The zero-order chi connectivity index (χ0) is 19.7. The van der Waals surface area contributed by atoms with Crippen molar-refractivity contribution in [2.75, 3.05) is 26.2 Å². The fourth-order valence-corrected chi connectivity index (χ4v) is 6.47. The number of Topliss-reactive ketones (excluding diaryl/α,β-unsaturated/α-hetero) is 1. The molecule has 148 valence electrons.